The molecule has 0 saturated heterocycles. The van der Waals surface area contributed by atoms with Gasteiger partial charge < -0.3 is 10.7 Å². The molecule has 0 saturated carbocycles. The van der Waals surface area contributed by atoms with Crippen molar-refractivity contribution in [3.8, 4) is 11.3 Å². The van der Waals surface area contributed by atoms with Crippen LogP contribution in [0.5, 0.6) is 0 Å². The second-order valence-corrected chi connectivity index (χ2v) is 6.19. The minimum Gasteiger partial charge on any atom is -0.342 e. The van der Waals surface area contributed by atoms with Gasteiger partial charge in [-0.2, -0.15) is 0 Å². The van der Waals surface area contributed by atoms with Crippen LogP contribution in [-0.2, 0) is 6.42 Å². The summed E-state index contributed by atoms with van der Waals surface area (Å²) >= 11 is 0. The summed E-state index contributed by atoms with van der Waals surface area (Å²) in [4.78, 5) is 7.99. The second-order valence-electron chi connectivity index (χ2n) is 6.19. The molecule has 0 aliphatic rings. The predicted octanol–water partition coefficient (Wildman–Crippen LogP) is 4.12. The van der Waals surface area contributed by atoms with E-state index in [1.165, 1.54) is 17.5 Å². The van der Waals surface area contributed by atoms with E-state index in [1.807, 2.05) is 6.20 Å². The van der Waals surface area contributed by atoms with E-state index in [-0.39, 0.29) is 0 Å². The Kier molecular flexibility index (Phi) is 5.57. The molecule has 2 rings (SSSR count). The van der Waals surface area contributed by atoms with Crippen molar-refractivity contribution in [3.63, 3.8) is 0 Å². The standard InChI is InChI=1S/C18H27N3/c1-4-5-14-6-8-15(9-7-14)17-12-20-18(21-17)16(11-19)10-13(2)3/h6-9,12-13,16H,4-5,10-11,19H2,1-3H3,(H,20,21). The Morgan fingerprint density at radius 3 is 2.48 bits per heavy atom. The van der Waals surface area contributed by atoms with Gasteiger partial charge in [0, 0.05) is 12.5 Å². The number of hydrogen-bond donors (Lipinski definition) is 2. The lowest BCUT2D eigenvalue weighted by Crippen LogP contribution is -2.15. The molecule has 2 aromatic rings. The number of nitrogens with zero attached hydrogens (tertiary/aromatic N) is 1. The molecule has 114 valence electrons. The molecule has 1 aromatic heterocycles. The van der Waals surface area contributed by atoms with Gasteiger partial charge in [0.1, 0.15) is 5.82 Å². The zero-order valence-electron chi connectivity index (χ0n) is 13.4. The molecule has 1 aromatic carbocycles. The highest BCUT2D eigenvalue weighted by Gasteiger charge is 2.15. The van der Waals surface area contributed by atoms with E-state index in [9.17, 15) is 0 Å². The zero-order chi connectivity index (χ0) is 15.2. The van der Waals surface area contributed by atoms with Gasteiger partial charge in [-0.15, -0.1) is 0 Å². The van der Waals surface area contributed by atoms with Crippen LogP contribution in [0.2, 0.25) is 0 Å². The third-order valence-electron chi connectivity index (χ3n) is 3.83. The van der Waals surface area contributed by atoms with E-state index in [2.05, 4.69) is 55.0 Å². The van der Waals surface area contributed by atoms with Gasteiger partial charge in [0.2, 0.25) is 0 Å². The SMILES string of the molecule is CCCc1ccc(-c2cnc(C(CN)CC(C)C)[nH]2)cc1. The van der Waals surface area contributed by atoms with Crippen molar-refractivity contribution in [2.45, 2.75) is 46.0 Å². The van der Waals surface area contributed by atoms with E-state index in [0.29, 0.717) is 18.4 Å². The molecule has 0 amide bonds. The molecule has 1 unspecified atom stereocenters. The van der Waals surface area contributed by atoms with Gasteiger partial charge in [0.05, 0.1) is 11.9 Å². The van der Waals surface area contributed by atoms with Gasteiger partial charge in [0.25, 0.3) is 0 Å². The number of aromatic nitrogens is 2. The molecule has 0 spiro atoms. The summed E-state index contributed by atoms with van der Waals surface area (Å²) < 4.78 is 0. The smallest absolute Gasteiger partial charge is 0.110 e. The molecule has 21 heavy (non-hydrogen) atoms. The first kappa shape index (κ1) is 15.8. The first-order chi connectivity index (χ1) is 10.1. The van der Waals surface area contributed by atoms with Crippen LogP contribution in [0.1, 0.15) is 50.9 Å². The van der Waals surface area contributed by atoms with Gasteiger partial charge >= 0.3 is 0 Å². The lowest BCUT2D eigenvalue weighted by atomic mass is 9.97. The van der Waals surface area contributed by atoms with Crippen molar-refractivity contribution in [2.24, 2.45) is 11.7 Å². The van der Waals surface area contributed by atoms with E-state index in [1.54, 1.807) is 0 Å². The lowest BCUT2D eigenvalue weighted by molar-refractivity contribution is 0.490. The van der Waals surface area contributed by atoms with Gasteiger partial charge in [-0.3, -0.25) is 0 Å². The summed E-state index contributed by atoms with van der Waals surface area (Å²) in [6.45, 7) is 7.29. The molecule has 0 fully saturated rings. The van der Waals surface area contributed by atoms with Crippen LogP contribution in [0.4, 0.5) is 0 Å². The van der Waals surface area contributed by atoms with Crippen molar-refractivity contribution in [1.29, 1.82) is 0 Å². The normalized spacial score (nSPS) is 12.8. The molecular formula is C18H27N3. The van der Waals surface area contributed by atoms with Crippen LogP contribution >= 0.6 is 0 Å². The van der Waals surface area contributed by atoms with Crippen molar-refractivity contribution in [1.82, 2.24) is 9.97 Å². The Bertz CT molecular complexity index is 540. The first-order valence-corrected chi connectivity index (χ1v) is 7.98. The average Bonchev–Trinajstić information content (AvgIpc) is 2.95. The summed E-state index contributed by atoms with van der Waals surface area (Å²) in [6.07, 6.45) is 5.31. The largest absolute Gasteiger partial charge is 0.342 e. The fourth-order valence-corrected chi connectivity index (χ4v) is 2.72. The first-order valence-electron chi connectivity index (χ1n) is 7.98. The number of nitrogens with one attached hydrogen (secondary N) is 1. The zero-order valence-corrected chi connectivity index (χ0v) is 13.4. The number of rotatable bonds is 7. The Morgan fingerprint density at radius 1 is 1.19 bits per heavy atom. The van der Waals surface area contributed by atoms with Crippen LogP contribution in [0, 0.1) is 5.92 Å². The van der Waals surface area contributed by atoms with Crippen LogP contribution in [0.15, 0.2) is 30.5 Å². The Balaban J connectivity index is 2.14. The van der Waals surface area contributed by atoms with Crippen LogP contribution in [-0.4, -0.2) is 16.5 Å². The third kappa shape index (κ3) is 4.18. The second kappa shape index (κ2) is 7.41. The van der Waals surface area contributed by atoms with Crippen LogP contribution in [0.25, 0.3) is 11.3 Å². The fourth-order valence-electron chi connectivity index (χ4n) is 2.72. The highest BCUT2D eigenvalue weighted by molar-refractivity contribution is 5.58. The van der Waals surface area contributed by atoms with Crippen LogP contribution < -0.4 is 5.73 Å². The number of aryl methyl sites for hydroxylation is 1. The molecule has 1 atom stereocenters. The van der Waals surface area contributed by atoms with E-state index in [4.69, 9.17) is 5.73 Å². The maximum Gasteiger partial charge on any atom is 0.110 e. The average molecular weight is 285 g/mol. The van der Waals surface area contributed by atoms with E-state index >= 15 is 0 Å². The molecule has 3 nitrogen and oxygen atoms in total. The van der Waals surface area contributed by atoms with Gasteiger partial charge in [-0.05, 0) is 29.9 Å². The lowest BCUT2D eigenvalue weighted by Gasteiger charge is -2.14. The number of nitrogens with two attached hydrogens (primary N) is 1. The number of benzene rings is 1. The van der Waals surface area contributed by atoms with E-state index in [0.717, 1.165) is 24.4 Å². The van der Waals surface area contributed by atoms with E-state index < -0.39 is 0 Å². The number of H-pyrrole nitrogens is 1. The summed E-state index contributed by atoms with van der Waals surface area (Å²) in [5.74, 6) is 1.96. The van der Waals surface area contributed by atoms with Gasteiger partial charge in [-0.25, -0.2) is 4.98 Å². The topological polar surface area (TPSA) is 54.7 Å². The van der Waals surface area contributed by atoms with Gasteiger partial charge in [-0.1, -0.05) is 51.5 Å². The molecule has 1 heterocycles. The van der Waals surface area contributed by atoms with Gasteiger partial charge in [0.15, 0.2) is 0 Å². The molecule has 0 aliphatic heterocycles. The summed E-state index contributed by atoms with van der Waals surface area (Å²) in [5.41, 5.74) is 9.55. The monoisotopic (exact) mass is 285 g/mol. The number of imidazole rings is 1. The Hall–Kier alpha value is -1.61. The number of hydrogen-bond acceptors (Lipinski definition) is 2. The molecule has 3 heteroatoms. The maximum absolute atomic E-state index is 5.89. The molecular weight excluding hydrogens is 258 g/mol. The van der Waals surface area contributed by atoms with Crippen molar-refractivity contribution >= 4 is 0 Å². The predicted molar refractivity (Wildman–Crippen MR) is 89.3 cm³/mol. The summed E-state index contributed by atoms with van der Waals surface area (Å²) in [5, 5.41) is 0. The highest BCUT2D eigenvalue weighted by Crippen LogP contribution is 2.24. The Labute approximate surface area is 128 Å². The molecule has 3 N–H and O–H groups in total. The highest BCUT2D eigenvalue weighted by atomic mass is 14.9. The minimum absolute atomic E-state index is 0.318. The van der Waals surface area contributed by atoms with Crippen LogP contribution in [0.3, 0.4) is 0 Å². The fraction of sp³-hybridized carbons (Fsp3) is 0.500. The summed E-state index contributed by atoms with van der Waals surface area (Å²) in [6, 6.07) is 8.74. The summed E-state index contributed by atoms with van der Waals surface area (Å²) in [7, 11) is 0. The van der Waals surface area contributed by atoms with Crippen molar-refractivity contribution in [3.05, 3.63) is 41.9 Å². The molecule has 0 radical (unpaired) electrons. The Morgan fingerprint density at radius 2 is 1.90 bits per heavy atom. The maximum atomic E-state index is 5.89. The molecule has 0 aliphatic carbocycles. The molecule has 0 bridgehead atoms. The van der Waals surface area contributed by atoms with Crippen molar-refractivity contribution < 1.29 is 0 Å². The van der Waals surface area contributed by atoms with Crippen molar-refractivity contribution in [2.75, 3.05) is 6.54 Å². The quantitative estimate of drug-likeness (QED) is 0.804. The minimum atomic E-state index is 0.318. The number of aromatic amines is 1. The third-order valence-corrected chi connectivity index (χ3v) is 3.83.